The minimum Gasteiger partial charge on any atom is -0.353 e. The molecule has 2 amide bonds. The van der Waals surface area contributed by atoms with E-state index in [1.54, 1.807) is 17.0 Å². The molecule has 1 unspecified atom stereocenters. The summed E-state index contributed by atoms with van der Waals surface area (Å²) in [5.41, 5.74) is 0.789. The maximum absolute atomic E-state index is 13.1. The van der Waals surface area contributed by atoms with Crippen molar-refractivity contribution in [2.24, 2.45) is 5.92 Å². The summed E-state index contributed by atoms with van der Waals surface area (Å²) in [4.78, 5) is 42.9. The fourth-order valence-electron chi connectivity index (χ4n) is 4.74. The zero-order chi connectivity index (χ0) is 22.1. The SMILES string of the molecule is O=C(C1CC(=O)N(c2ccc(Cl)cc2)C1)N1CCN(c2ccnc(N3CCCC3)n2)CC1. The molecular weight excluding hydrogens is 428 g/mol. The lowest BCUT2D eigenvalue weighted by molar-refractivity contribution is -0.136. The van der Waals surface area contributed by atoms with Gasteiger partial charge < -0.3 is 19.6 Å². The van der Waals surface area contributed by atoms with Gasteiger partial charge in [-0.3, -0.25) is 9.59 Å². The molecule has 0 spiro atoms. The Bertz CT molecular complexity index is 986. The summed E-state index contributed by atoms with van der Waals surface area (Å²) >= 11 is 5.95. The Labute approximate surface area is 192 Å². The zero-order valence-electron chi connectivity index (χ0n) is 18.0. The van der Waals surface area contributed by atoms with E-state index in [1.807, 2.05) is 29.3 Å². The molecule has 0 bridgehead atoms. The third kappa shape index (κ3) is 4.24. The average Bonchev–Trinajstić information content (AvgIpc) is 3.50. The first-order chi connectivity index (χ1) is 15.6. The van der Waals surface area contributed by atoms with Gasteiger partial charge in [-0.1, -0.05) is 11.6 Å². The molecule has 1 atom stereocenters. The summed E-state index contributed by atoms with van der Waals surface area (Å²) in [5, 5.41) is 0.627. The fourth-order valence-corrected chi connectivity index (χ4v) is 4.87. The van der Waals surface area contributed by atoms with Crippen molar-refractivity contribution in [3.05, 3.63) is 41.6 Å². The highest BCUT2D eigenvalue weighted by Crippen LogP contribution is 2.28. The number of nitrogens with zero attached hydrogens (tertiary/aromatic N) is 6. The minimum atomic E-state index is -0.300. The molecule has 3 aliphatic rings. The molecule has 0 N–H and O–H groups in total. The Morgan fingerprint density at radius 1 is 0.938 bits per heavy atom. The van der Waals surface area contributed by atoms with Gasteiger partial charge in [0.15, 0.2) is 0 Å². The van der Waals surface area contributed by atoms with Crippen LogP contribution in [0.15, 0.2) is 36.5 Å². The number of hydrogen-bond donors (Lipinski definition) is 0. The molecule has 0 aliphatic carbocycles. The van der Waals surface area contributed by atoms with Crippen LogP contribution in [0.2, 0.25) is 5.02 Å². The van der Waals surface area contributed by atoms with Crippen LogP contribution in [0, 0.1) is 5.92 Å². The van der Waals surface area contributed by atoms with Crippen molar-refractivity contribution in [3.63, 3.8) is 0 Å². The number of benzene rings is 1. The molecule has 3 aliphatic heterocycles. The first kappa shape index (κ1) is 21.0. The molecule has 5 rings (SSSR count). The first-order valence-electron chi connectivity index (χ1n) is 11.3. The van der Waals surface area contributed by atoms with Crippen LogP contribution in [0.5, 0.6) is 0 Å². The summed E-state index contributed by atoms with van der Waals surface area (Å²) in [7, 11) is 0. The van der Waals surface area contributed by atoms with E-state index in [2.05, 4.69) is 14.8 Å². The zero-order valence-corrected chi connectivity index (χ0v) is 18.7. The van der Waals surface area contributed by atoms with Gasteiger partial charge in [-0.25, -0.2) is 4.98 Å². The van der Waals surface area contributed by atoms with Crippen molar-refractivity contribution in [3.8, 4) is 0 Å². The molecule has 0 saturated carbocycles. The van der Waals surface area contributed by atoms with Gasteiger partial charge in [0.05, 0.1) is 5.92 Å². The Balaban J connectivity index is 1.18. The molecule has 9 heteroatoms. The van der Waals surface area contributed by atoms with Crippen molar-refractivity contribution in [1.29, 1.82) is 0 Å². The van der Waals surface area contributed by atoms with Gasteiger partial charge in [-0.15, -0.1) is 0 Å². The Hall–Kier alpha value is -2.87. The number of anilines is 3. The predicted octanol–water partition coefficient (Wildman–Crippen LogP) is 2.43. The van der Waals surface area contributed by atoms with E-state index in [0.29, 0.717) is 24.7 Å². The highest BCUT2D eigenvalue weighted by atomic mass is 35.5. The summed E-state index contributed by atoms with van der Waals surface area (Å²) < 4.78 is 0. The lowest BCUT2D eigenvalue weighted by Crippen LogP contribution is -2.51. The maximum atomic E-state index is 13.1. The predicted molar refractivity (Wildman–Crippen MR) is 124 cm³/mol. The van der Waals surface area contributed by atoms with Crippen LogP contribution in [0.3, 0.4) is 0 Å². The van der Waals surface area contributed by atoms with E-state index in [1.165, 1.54) is 12.8 Å². The number of carbonyl (C=O) groups is 2. The fraction of sp³-hybridized carbons (Fsp3) is 0.478. The van der Waals surface area contributed by atoms with Gasteiger partial charge in [0.25, 0.3) is 0 Å². The third-order valence-electron chi connectivity index (χ3n) is 6.54. The van der Waals surface area contributed by atoms with Crippen LogP contribution < -0.4 is 14.7 Å². The van der Waals surface area contributed by atoms with Crippen LogP contribution in [0.25, 0.3) is 0 Å². The standard InChI is InChI=1S/C23H27ClN6O2/c24-18-3-5-19(6-4-18)30-16-17(15-21(30)31)22(32)28-13-11-27(12-14-28)20-7-8-25-23(26-20)29-9-1-2-10-29/h3-8,17H,1-2,9-16H2. The Morgan fingerprint density at radius 2 is 1.66 bits per heavy atom. The van der Waals surface area contributed by atoms with E-state index in [-0.39, 0.29) is 24.2 Å². The number of carbonyl (C=O) groups excluding carboxylic acids is 2. The first-order valence-corrected chi connectivity index (χ1v) is 11.6. The van der Waals surface area contributed by atoms with Crippen molar-refractivity contribution >= 4 is 40.9 Å². The summed E-state index contributed by atoms with van der Waals surface area (Å²) in [6.45, 7) is 5.16. The van der Waals surface area contributed by atoms with Crippen LogP contribution in [-0.2, 0) is 9.59 Å². The average molecular weight is 455 g/mol. The second kappa shape index (κ2) is 8.94. The highest BCUT2D eigenvalue weighted by molar-refractivity contribution is 6.30. The second-order valence-corrected chi connectivity index (χ2v) is 9.04. The summed E-state index contributed by atoms with van der Waals surface area (Å²) in [5.74, 6) is 1.46. The van der Waals surface area contributed by atoms with Gasteiger partial charge in [0.2, 0.25) is 17.8 Å². The van der Waals surface area contributed by atoms with Crippen molar-refractivity contribution in [2.45, 2.75) is 19.3 Å². The molecule has 2 aromatic rings. The van der Waals surface area contributed by atoms with E-state index in [9.17, 15) is 9.59 Å². The molecule has 4 heterocycles. The van der Waals surface area contributed by atoms with Crippen LogP contribution in [0.1, 0.15) is 19.3 Å². The van der Waals surface area contributed by atoms with E-state index < -0.39 is 0 Å². The number of hydrogen-bond acceptors (Lipinski definition) is 6. The lowest BCUT2D eigenvalue weighted by atomic mass is 10.1. The summed E-state index contributed by atoms with van der Waals surface area (Å²) in [6.07, 6.45) is 4.46. The second-order valence-electron chi connectivity index (χ2n) is 8.60. The van der Waals surface area contributed by atoms with E-state index in [4.69, 9.17) is 16.6 Å². The third-order valence-corrected chi connectivity index (χ3v) is 6.80. The molecule has 1 aromatic carbocycles. The maximum Gasteiger partial charge on any atom is 0.228 e. The molecule has 3 fully saturated rings. The van der Waals surface area contributed by atoms with Gasteiger partial charge in [-0.2, -0.15) is 4.98 Å². The van der Waals surface area contributed by atoms with Crippen molar-refractivity contribution < 1.29 is 9.59 Å². The normalized spacial score (nSPS) is 21.5. The monoisotopic (exact) mass is 454 g/mol. The molecule has 0 radical (unpaired) electrons. The number of aromatic nitrogens is 2. The molecular formula is C23H27ClN6O2. The van der Waals surface area contributed by atoms with Crippen molar-refractivity contribution in [2.75, 3.05) is 60.5 Å². The number of rotatable bonds is 4. The van der Waals surface area contributed by atoms with E-state index in [0.717, 1.165) is 43.6 Å². The van der Waals surface area contributed by atoms with Gasteiger partial charge in [-0.05, 0) is 43.2 Å². The van der Waals surface area contributed by atoms with Crippen molar-refractivity contribution in [1.82, 2.24) is 14.9 Å². The Morgan fingerprint density at radius 3 is 2.38 bits per heavy atom. The summed E-state index contributed by atoms with van der Waals surface area (Å²) in [6, 6.07) is 9.12. The van der Waals surface area contributed by atoms with Crippen LogP contribution >= 0.6 is 11.6 Å². The molecule has 32 heavy (non-hydrogen) atoms. The molecule has 1 aromatic heterocycles. The molecule has 168 valence electrons. The molecule has 8 nitrogen and oxygen atoms in total. The smallest absolute Gasteiger partial charge is 0.228 e. The number of halogens is 1. The quantitative estimate of drug-likeness (QED) is 0.706. The molecule has 3 saturated heterocycles. The van der Waals surface area contributed by atoms with Gasteiger partial charge >= 0.3 is 0 Å². The topological polar surface area (TPSA) is 72.9 Å². The Kier molecular flexibility index (Phi) is 5.87. The largest absolute Gasteiger partial charge is 0.353 e. The number of amides is 2. The minimum absolute atomic E-state index is 0.0141. The van der Waals surface area contributed by atoms with Gasteiger partial charge in [0.1, 0.15) is 5.82 Å². The van der Waals surface area contributed by atoms with Crippen LogP contribution in [0.4, 0.5) is 17.5 Å². The number of piperazine rings is 1. The van der Waals surface area contributed by atoms with E-state index >= 15 is 0 Å². The van der Waals surface area contributed by atoms with Gasteiger partial charge in [0, 0.05) is 69.1 Å². The lowest BCUT2D eigenvalue weighted by Gasteiger charge is -2.36. The van der Waals surface area contributed by atoms with Crippen LogP contribution in [-0.4, -0.2) is 72.5 Å². The highest BCUT2D eigenvalue weighted by Gasteiger charge is 2.38.